The zero-order chi connectivity index (χ0) is 12.4. The first-order chi connectivity index (χ1) is 8.09. The van der Waals surface area contributed by atoms with Crippen LogP contribution in [0.25, 0.3) is 0 Å². The van der Waals surface area contributed by atoms with Crippen LogP contribution in [-0.2, 0) is 6.42 Å². The number of hydrogen-bond acceptors (Lipinski definition) is 2. The van der Waals surface area contributed by atoms with Gasteiger partial charge in [-0.25, -0.2) is 8.78 Å². The quantitative estimate of drug-likeness (QED) is 0.808. The van der Waals surface area contributed by atoms with E-state index >= 15 is 0 Å². The first-order valence-corrected chi connectivity index (χ1v) is 5.58. The Hall–Kier alpha value is -1.49. The van der Waals surface area contributed by atoms with Crippen LogP contribution in [0.3, 0.4) is 0 Å². The van der Waals surface area contributed by atoms with Gasteiger partial charge >= 0.3 is 0 Å². The standard InChI is InChI=1S/C12H7BrF2O2/c13-12-8(4-5-17-12)10(16)6-7-2-1-3-9(14)11(7)15/h1-5H,6H2. The normalized spacial score (nSPS) is 10.5. The van der Waals surface area contributed by atoms with Gasteiger partial charge in [0, 0.05) is 6.42 Å². The van der Waals surface area contributed by atoms with Crippen molar-refractivity contribution in [3.63, 3.8) is 0 Å². The van der Waals surface area contributed by atoms with E-state index < -0.39 is 11.6 Å². The van der Waals surface area contributed by atoms with Crippen LogP contribution in [0.5, 0.6) is 0 Å². The smallest absolute Gasteiger partial charge is 0.179 e. The van der Waals surface area contributed by atoms with Gasteiger partial charge in [-0.05, 0) is 33.6 Å². The average molecular weight is 301 g/mol. The lowest BCUT2D eigenvalue weighted by Crippen LogP contribution is -2.05. The lowest BCUT2D eigenvalue weighted by Gasteiger charge is -2.02. The summed E-state index contributed by atoms with van der Waals surface area (Å²) >= 11 is 3.06. The van der Waals surface area contributed by atoms with Gasteiger partial charge in [0.2, 0.25) is 0 Å². The number of rotatable bonds is 3. The summed E-state index contributed by atoms with van der Waals surface area (Å²) in [4.78, 5) is 11.8. The van der Waals surface area contributed by atoms with Crippen LogP contribution < -0.4 is 0 Å². The van der Waals surface area contributed by atoms with Crippen molar-refractivity contribution in [2.24, 2.45) is 0 Å². The third kappa shape index (κ3) is 2.44. The molecule has 0 spiro atoms. The highest BCUT2D eigenvalue weighted by Crippen LogP contribution is 2.21. The summed E-state index contributed by atoms with van der Waals surface area (Å²) in [7, 11) is 0. The Morgan fingerprint density at radius 2 is 2.06 bits per heavy atom. The zero-order valence-corrected chi connectivity index (χ0v) is 10.1. The number of hydrogen-bond donors (Lipinski definition) is 0. The molecule has 0 unspecified atom stereocenters. The van der Waals surface area contributed by atoms with Crippen LogP contribution in [0.1, 0.15) is 15.9 Å². The van der Waals surface area contributed by atoms with Gasteiger partial charge in [-0.1, -0.05) is 12.1 Å². The second-order valence-electron chi connectivity index (χ2n) is 3.42. The fourth-order valence-electron chi connectivity index (χ4n) is 1.45. The highest BCUT2D eigenvalue weighted by molar-refractivity contribution is 9.10. The number of ketones is 1. The minimum atomic E-state index is -0.986. The average Bonchev–Trinajstić information content (AvgIpc) is 2.71. The van der Waals surface area contributed by atoms with Gasteiger partial charge in [-0.15, -0.1) is 0 Å². The van der Waals surface area contributed by atoms with E-state index in [0.29, 0.717) is 10.2 Å². The Labute approximate surface area is 104 Å². The van der Waals surface area contributed by atoms with E-state index in [4.69, 9.17) is 4.42 Å². The number of benzene rings is 1. The predicted molar refractivity (Wildman–Crippen MR) is 60.8 cm³/mol. The summed E-state index contributed by atoms with van der Waals surface area (Å²) in [6.07, 6.45) is 1.14. The third-order valence-corrected chi connectivity index (χ3v) is 2.92. The molecule has 0 bridgehead atoms. The van der Waals surface area contributed by atoms with E-state index in [2.05, 4.69) is 15.9 Å². The Balaban J connectivity index is 2.25. The monoisotopic (exact) mass is 300 g/mol. The maximum atomic E-state index is 13.3. The second kappa shape index (κ2) is 4.79. The fraction of sp³-hybridized carbons (Fsp3) is 0.0833. The van der Waals surface area contributed by atoms with Crippen LogP contribution >= 0.6 is 15.9 Å². The Morgan fingerprint density at radius 3 is 2.71 bits per heavy atom. The Bertz CT molecular complexity index is 563. The molecule has 0 fully saturated rings. The van der Waals surface area contributed by atoms with Crippen molar-refractivity contribution in [3.05, 3.63) is 58.0 Å². The van der Waals surface area contributed by atoms with Crippen LogP contribution in [0.15, 0.2) is 39.6 Å². The molecule has 1 heterocycles. The van der Waals surface area contributed by atoms with E-state index in [0.717, 1.165) is 6.07 Å². The van der Waals surface area contributed by atoms with Crippen LogP contribution in [0.4, 0.5) is 8.78 Å². The first-order valence-electron chi connectivity index (χ1n) is 4.78. The van der Waals surface area contributed by atoms with Crippen molar-refractivity contribution in [1.82, 2.24) is 0 Å². The SMILES string of the molecule is O=C(Cc1cccc(F)c1F)c1ccoc1Br. The minimum Gasteiger partial charge on any atom is -0.457 e. The molecule has 0 amide bonds. The topological polar surface area (TPSA) is 30.2 Å². The Morgan fingerprint density at radius 1 is 1.29 bits per heavy atom. The lowest BCUT2D eigenvalue weighted by molar-refractivity contribution is 0.0990. The van der Waals surface area contributed by atoms with E-state index in [1.54, 1.807) is 0 Å². The molecular formula is C12H7BrF2O2. The van der Waals surface area contributed by atoms with Gasteiger partial charge < -0.3 is 4.42 Å². The molecule has 2 rings (SSSR count). The molecule has 0 atom stereocenters. The third-order valence-electron chi connectivity index (χ3n) is 2.30. The van der Waals surface area contributed by atoms with Crippen molar-refractivity contribution >= 4 is 21.7 Å². The molecule has 88 valence electrons. The highest BCUT2D eigenvalue weighted by atomic mass is 79.9. The summed E-state index contributed by atoms with van der Waals surface area (Å²) in [5, 5.41) is 0. The zero-order valence-electron chi connectivity index (χ0n) is 8.54. The van der Waals surface area contributed by atoms with E-state index in [1.165, 1.54) is 24.5 Å². The molecular weight excluding hydrogens is 294 g/mol. The van der Waals surface area contributed by atoms with Crippen molar-refractivity contribution in [2.45, 2.75) is 6.42 Å². The van der Waals surface area contributed by atoms with Crippen LogP contribution in [-0.4, -0.2) is 5.78 Å². The molecule has 2 aromatic rings. The summed E-state index contributed by atoms with van der Waals surface area (Å²) in [5.41, 5.74) is 0.344. The molecule has 0 radical (unpaired) electrons. The first kappa shape index (κ1) is 12.0. The molecule has 0 N–H and O–H groups in total. The predicted octanol–water partition coefficient (Wildman–Crippen LogP) is 3.75. The molecule has 0 saturated heterocycles. The second-order valence-corrected chi connectivity index (χ2v) is 4.14. The van der Waals surface area contributed by atoms with Gasteiger partial charge in [0.25, 0.3) is 0 Å². The van der Waals surface area contributed by atoms with Crippen LogP contribution in [0, 0.1) is 11.6 Å². The number of carbonyl (C=O) groups excluding carboxylic acids is 1. The maximum Gasteiger partial charge on any atom is 0.179 e. The number of carbonyl (C=O) groups is 1. The molecule has 0 aliphatic carbocycles. The van der Waals surface area contributed by atoms with E-state index in [1.807, 2.05) is 0 Å². The van der Waals surface area contributed by atoms with E-state index in [-0.39, 0.29) is 17.8 Å². The molecule has 0 aliphatic heterocycles. The van der Waals surface area contributed by atoms with E-state index in [9.17, 15) is 13.6 Å². The molecule has 0 saturated carbocycles. The molecule has 1 aromatic heterocycles. The summed E-state index contributed by atoms with van der Waals surface area (Å²) < 4.78 is 31.5. The highest BCUT2D eigenvalue weighted by Gasteiger charge is 2.16. The van der Waals surface area contributed by atoms with Crippen molar-refractivity contribution < 1.29 is 18.0 Å². The summed E-state index contributed by atoms with van der Waals surface area (Å²) in [6, 6.07) is 5.23. The molecule has 0 aliphatic rings. The lowest BCUT2D eigenvalue weighted by atomic mass is 10.0. The molecule has 2 nitrogen and oxygen atoms in total. The van der Waals surface area contributed by atoms with Crippen LogP contribution in [0.2, 0.25) is 0 Å². The summed E-state index contributed by atoms with van der Waals surface area (Å²) in [6.45, 7) is 0. The van der Waals surface area contributed by atoms with Gasteiger partial charge in [-0.3, -0.25) is 4.79 Å². The van der Waals surface area contributed by atoms with Gasteiger partial charge in [0.15, 0.2) is 22.1 Å². The molecule has 5 heteroatoms. The number of Topliss-reactive ketones (excluding diaryl/α,β-unsaturated/α-hetero) is 1. The summed E-state index contributed by atoms with van der Waals surface area (Å²) in [5.74, 6) is -2.28. The van der Waals surface area contributed by atoms with Gasteiger partial charge in [0.1, 0.15) is 0 Å². The Kier molecular flexibility index (Phi) is 3.38. The molecule has 1 aromatic carbocycles. The minimum absolute atomic E-state index is 0.0306. The van der Waals surface area contributed by atoms with Crippen molar-refractivity contribution in [1.29, 1.82) is 0 Å². The fourth-order valence-corrected chi connectivity index (χ4v) is 1.91. The maximum absolute atomic E-state index is 13.3. The number of halogens is 3. The van der Waals surface area contributed by atoms with Gasteiger partial charge in [0.05, 0.1) is 11.8 Å². The number of furan rings is 1. The van der Waals surface area contributed by atoms with Crippen molar-refractivity contribution in [3.8, 4) is 0 Å². The van der Waals surface area contributed by atoms with Crippen molar-refractivity contribution in [2.75, 3.05) is 0 Å². The van der Waals surface area contributed by atoms with Gasteiger partial charge in [-0.2, -0.15) is 0 Å². The molecule has 17 heavy (non-hydrogen) atoms. The largest absolute Gasteiger partial charge is 0.457 e.